The van der Waals surface area contributed by atoms with Gasteiger partial charge in [-0.1, -0.05) is 6.07 Å². The summed E-state index contributed by atoms with van der Waals surface area (Å²) in [4.78, 5) is 22.6. The van der Waals surface area contributed by atoms with Crippen LogP contribution in [0.3, 0.4) is 0 Å². The molecule has 5 aromatic heterocycles. The van der Waals surface area contributed by atoms with Gasteiger partial charge in [0.15, 0.2) is 0 Å². The van der Waals surface area contributed by atoms with Crippen molar-refractivity contribution in [3.8, 4) is 22.5 Å². The van der Waals surface area contributed by atoms with Crippen LogP contribution < -0.4 is 9.62 Å². The van der Waals surface area contributed by atoms with Gasteiger partial charge in [0.2, 0.25) is 10.0 Å². The molecule has 5 heterocycles. The Morgan fingerprint density at radius 2 is 1.75 bits per heavy atom. The standard InChI is InChI=1S/C31H23F2N7O3S/c1-34-31(41)28-25-14-20(27(38(2)44(3,42)43)15-40(25)37-29(28)17-7-9-18(32)10-8-17)22-11-12-23-30(36-22)26-13-19-21(33)5-4-6-24(19)39(26)16-35-23/h4-16H,1-3H3,(H,34,41). The van der Waals surface area contributed by atoms with Gasteiger partial charge in [-0.3, -0.25) is 13.5 Å². The minimum absolute atomic E-state index is 0.215. The molecule has 0 unspecified atom stereocenters. The highest BCUT2D eigenvalue weighted by Gasteiger charge is 2.25. The Morgan fingerprint density at radius 3 is 2.48 bits per heavy atom. The first kappa shape index (κ1) is 27.4. The number of hydrogen-bond donors (Lipinski definition) is 1. The molecule has 0 saturated heterocycles. The van der Waals surface area contributed by atoms with E-state index in [0.717, 1.165) is 10.6 Å². The van der Waals surface area contributed by atoms with Gasteiger partial charge in [-0.25, -0.2) is 31.7 Å². The summed E-state index contributed by atoms with van der Waals surface area (Å²) in [6.07, 6.45) is 4.19. The molecule has 0 aliphatic carbocycles. The first-order valence-corrected chi connectivity index (χ1v) is 15.2. The number of nitrogens with zero attached hydrogens (tertiary/aromatic N) is 6. The maximum atomic E-state index is 14.7. The summed E-state index contributed by atoms with van der Waals surface area (Å²) in [6, 6.07) is 17.2. The first-order chi connectivity index (χ1) is 21.0. The quantitative estimate of drug-likeness (QED) is 0.292. The fourth-order valence-corrected chi connectivity index (χ4v) is 5.91. The second kappa shape index (κ2) is 9.81. The Morgan fingerprint density at radius 1 is 0.977 bits per heavy atom. The van der Waals surface area contributed by atoms with E-state index in [1.807, 2.05) is 0 Å². The zero-order valence-corrected chi connectivity index (χ0v) is 24.4. The lowest BCUT2D eigenvalue weighted by molar-refractivity contribution is 0.0965. The number of pyridine rings is 2. The predicted octanol–water partition coefficient (Wildman–Crippen LogP) is 5.05. The summed E-state index contributed by atoms with van der Waals surface area (Å²) in [5, 5.41) is 7.65. The summed E-state index contributed by atoms with van der Waals surface area (Å²) >= 11 is 0. The van der Waals surface area contributed by atoms with E-state index in [1.165, 1.54) is 55.1 Å². The second-order valence-corrected chi connectivity index (χ2v) is 12.3. The number of sulfonamides is 1. The first-order valence-electron chi connectivity index (χ1n) is 13.4. The van der Waals surface area contributed by atoms with Crippen molar-refractivity contribution >= 4 is 54.6 Å². The molecule has 0 aliphatic rings. The van der Waals surface area contributed by atoms with E-state index < -0.39 is 21.7 Å². The van der Waals surface area contributed by atoms with Crippen LogP contribution in [-0.4, -0.2) is 58.7 Å². The molecule has 1 N–H and O–H groups in total. The van der Waals surface area contributed by atoms with E-state index in [4.69, 9.17) is 4.98 Å². The van der Waals surface area contributed by atoms with Gasteiger partial charge in [-0.15, -0.1) is 0 Å². The SMILES string of the molecule is CNC(=O)c1c(-c2ccc(F)cc2)nn2cc(N(C)S(C)(=O)=O)c(-c3ccc4ncn5c6cccc(F)c6cc5c4n3)cc12. The van der Waals surface area contributed by atoms with Crippen LogP contribution in [0.1, 0.15) is 10.4 Å². The lowest BCUT2D eigenvalue weighted by Crippen LogP contribution is -2.26. The maximum Gasteiger partial charge on any atom is 0.255 e. The number of amides is 1. The van der Waals surface area contributed by atoms with Crippen molar-refractivity contribution in [2.75, 3.05) is 24.7 Å². The van der Waals surface area contributed by atoms with Gasteiger partial charge in [0.1, 0.15) is 29.2 Å². The number of nitrogens with one attached hydrogen (secondary N) is 1. The molecule has 7 aromatic rings. The lowest BCUT2D eigenvalue weighted by atomic mass is 10.0. The molecule has 7 rings (SSSR count). The lowest BCUT2D eigenvalue weighted by Gasteiger charge is -2.20. The molecule has 13 heteroatoms. The Kier molecular flexibility index (Phi) is 6.11. The molecule has 0 bridgehead atoms. The number of carbonyl (C=O) groups excluding carboxylic acids is 1. The van der Waals surface area contributed by atoms with E-state index in [2.05, 4.69) is 15.4 Å². The van der Waals surface area contributed by atoms with Crippen LogP contribution in [0.2, 0.25) is 0 Å². The normalized spacial score (nSPS) is 12.0. The molecule has 0 spiro atoms. The highest BCUT2D eigenvalue weighted by atomic mass is 32.2. The minimum atomic E-state index is -3.75. The second-order valence-electron chi connectivity index (χ2n) is 10.3. The Bertz CT molecular complexity index is 2420. The number of fused-ring (bicyclic) bond motifs is 6. The predicted molar refractivity (Wildman–Crippen MR) is 164 cm³/mol. The number of hydrogen-bond acceptors (Lipinski definition) is 6. The monoisotopic (exact) mass is 611 g/mol. The van der Waals surface area contributed by atoms with Gasteiger partial charge in [-0.05, 0) is 60.7 Å². The Hall–Kier alpha value is -5.43. The largest absolute Gasteiger partial charge is 0.355 e. The van der Waals surface area contributed by atoms with Crippen molar-refractivity contribution in [2.45, 2.75) is 0 Å². The molecule has 0 atom stereocenters. The zero-order chi connectivity index (χ0) is 30.9. The van der Waals surface area contributed by atoms with Crippen molar-refractivity contribution in [3.05, 3.63) is 96.5 Å². The van der Waals surface area contributed by atoms with E-state index in [-0.39, 0.29) is 22.8 Å². The van der Waals surface area contributed by atoms with Gasteiger partial charge in [0.05, 0.1) is 51.5 Å². The third-order valence-corrected chi connectivity index (χ3v) is 8.88. The van der Waals surface area contributed by atoms with Crippen molar-refractivity contribution in [1.82, 2.24) is 29.3 Å². The summed E-state index contributed by atoms with van der Waals surface area (Å²) in [7, 11) is -0.853. The molecular formula is C31H23F2N7O3S. The van der Waals surface area contributed by atoms with Crippen molar-refractivity contribution < 1.29 is 22.0 Å². The van der Waals surface area contributed by atoms with Crippen LogP contribution in [0, 0.1) is 11.6 Å². The number of anilines is 1. The van der Waals surface area contributed by atoms with Gasteiger partial charge in [-0.2, -0.15) is 5.10 Å². The molecular weight excluding hydrogens is 588 g/mol. The molecule has 0 saturated carbocycles. The third kappa shape index (κ3) is 4.23. The van der Waals surface area contributed by atoms with E-state index in [1.54, 1.807) is 47.1 Å². The highest BCUT2D eigenvalue weighted by molar-refractivity contribution is 7.92. The minimum Gasteiger partial charge on any atom is -0.355 e. The number of halogens is 2. The van der Waals surface area contributed by atoms with Gasteiger partial charge in [0.25, 0.3) is 5.91 Å². The van der Waals surface area contributed by atoms with Gasteiger partial charge < -0.3 is 5.32 Å². The van der Waals surface area contributed by atoms with Gasteiger partial charge in [0, 0.05) is 30.6 Å². The molecule has 0 radical (unpaired) electrons. The smallest absolute Gasteiger partial charge is 0.255 e. The van der Waals surface area contributed by atoms with Crippen molar-refractivity contribution in [1.29, 1.82) is 0 Å². The van der Waals surface area contributed by atoms with E-state index >= 15 is 0 Å². The Balaban J connectivity index is 1.54. The molecule has 220 valence electrons. The molecule has 10 nitrogen and oxygen atoms in total. The average Bonchev–Trinajstić information content (AvgIpc) is 3.59. The van der Waals surface area contributed by atoms with E-state index in [0.29, 0.717) is 49.8 Å². The average molecular weight is 612 g/mol. The third-order valence-electron chi connectivity index (χ3n) is 7.69. The number of rotatable bonds is 5. The fourth-order valence-electron chi connectivity index (χ4n) is 5.41. The topological polar surface area (TPSA) is 114 Å². The fraction of sp³-hybridized carbons (Fsp3) is 0.0968. The molecule has 0 aliphatic heterocycles. The highest BCUT2D eigenvalue weighted by Crippen LogP contribution is 2.37. The number of benzene rings is 2. The van der Waals surface area contributed by atoms with Crippen LogP contribution in [0.25, 0.3) is 55.5 Å². The van der Waals surface area contributed by atoms with Crippen LogP contribution in [0.5, 0.6) is 0 Å². The molecule has 2 aromatic carbocycles. The number of aromatic nitrogens is 5. The van der Waals surface area contributed by atoms with Crippen LogP contribution >= 0.6 is 0 Å². The van der Waals surface area contributed by atoms with Gasteiger partial charge >= 0.3 is 0 Å². The Labute approximate surface area is 249 Å². The van der Waals surface area contributed by atoms with Crippen LogP contribution in [-0.2, 0) is 10.0 Å². The summed E-state index contributed by atoms with van der Waals surface area (Å²) in [5.74, 6) is -1.26. The summed E-state index contributed by atoms with van der Waals surface area (Å²) in [5.41, 5.74) is 4.67. The van der Waals surface area contributed by atoms with Crippen LogP contribution in [0.4, 0.5) is 14.5 Å². The maximum absolute atomic E-state index is 14.7. The molecule has 44 heavy (non-hydrogen) atoms. The van der Waals surface area contributed by atoms with E-state index in [9.17, 15) is 22.0 Å². The van der Waals surface area contributed by atoms with Crippen molar-refractivity contribution in [3.63, 3.8) is 0 Å². The van der Waals surface area contributed by atoms with Crippen LogP contribution in [0.15, 0.2) is 79.3 Å². The number of carbonyl (C=O) groups is 1. The molecule has 1 amide bonds. The zero-order valence-electron chi connectivity index (χ0n) is 23.6. The molecule has 0 fully saturated rings. The summed E-state index contributed by atoms with van der Waals surface area (Å²) in [6.45, 7) is 0. The summed E-state index contributed by atoms with van der Waals surface area (Å²) < 4.78 is 58.2. The van der Waals surface area contributed by atoms with Crippen molar-refractivity contribution in [2.24, 2.45) is 0 Å².